The van der Waals surface area contributed by atoms with E-state index in [9.17, 15) is 9.59 Å². The van der Waals surface area contributed by atoms with Crippen LogP contribution in [0.3, 0.4) is 0 Å². The fourth-order valence-electron chi connectivity index (χ4n) is 2.68. The average molecular weight is 425 g/mol. The molecule has 0 spiro atoms. The van der Waals surface area contributed by atoms with Crippen LogP contribution in [0.4, 0.5) is 11.4 Å². The minimum atomic E-state index is -0.291. The maximum Gasteiger partial charge on any atom is 0.262 e. The van der Waals surface area contributed by atoms with Gasteiger partial charge in [-0.25, -0.2) is 0 Å². The monoisotopic (exact) mass is 424 g/mol. The lowest BCUT2D eigenvalue weighted by Crippen LogP contribution is -2.20. The van der Waals surface area contributed by atoms with Crippen LogP contribution in [0.1, 0.15) is 15.9 Å². The van der Waals surface area contributed by atoms with Crippen LogP contribution < -0.4 is 20.1 Å². The Bertz CT molecular complexity index is 1030. The van der Waals surface area contributed by atoms with Crippen LogP contribution in [0.2, 0.25) is 5.02 Å². The van der Waals surface area contributed by atoms with Crippen molar-refractivity contribution in [1.82, 2.24) is 0 Å². The molecule has 0 unspecified atom stereocenters. The molecule has 30 heavy (non-hydrogen) atoms. The van der Waals surface area contributed by atoms with Gasteiger partial charge in [0.25, 0.3) is 11.8 Å². The van der Waals surface area contributed by atoms with Crippen LogP contribution in [0.15, 0.2) is 66.7 Å². The SMILES string of the molecule is COc1ccc(NC(=O)COc2ccc(C(=O)Nc3ccc(Cl)cc3C)cc2)cc1. The number of methoxy groups -OCH3 is 1. The van der Waals surface area contributed by atoms with Gasteiger partial charge in [-0.1, -0.05) is 11.6 Å². The van der Waals surface area contributed by atoms with Crippen LogP contribution in [-0.2, 0) is 4.79 Å². The fraction of sp³-hybridized carbons (Fsp3) is 0.130. The Hall–Kier alpha value is -3.51. The van der Waals surface area contributed by atoms with Crippen LogP contribution >= 0.6 is 11.6 Å². The summed E-state index contributed by atoms with van der Waals surface area (Å²) in [6, 6.07) is 18.8. The van der Waals surface area contributed by atoms with Crippen molar-refractivity contribution in [3.63, 3.8) is 0 Å². The second kappa shape index (κ2) is 9.80. The Morgan fingerprint density at radius 1 is 0.900 bits per heavy atom. The van der Waals surface area contributed by atoms with E-state index in [0.717, 1.165) is 5.56 Å². The van der Waals surface area contributed by atoms with Gasteiger partial charge in [-0.15, -0.1) is 0 Å². The summed E-state index contributed by atoms with van der Waals surface area (Å²) in [7, 11) is 1.58. The number of nitrogens with one attached hydrogen (secondary N) is 2. The summed E-state index contributed by atoms with van der Waals surface area (Å²) < 4.78 is 10.6. The van der Waals surface area contributed by atoms with Gasteiger partial charge in [0, 0.05) is 22.0 Å². The molecule has 154 valence electrons. The van der Waals surface area contributed by atoms with E-state index in [0.29, 0.717) is 33.5 Å². The van der Waals surface area contributed by atoms with Gasteiger partial charge in [0.15, 0.2) is 6.61 Å². The number of aryl methyl sites for hydroxylation is 1. The quantitative estimate of drug-likeness (QED) is 0.564. The Morgan fingerprint density at radius 2 is 1.57 bits per heavy atom. The first-order valence-corrected chi connectivity index (χ1v) is 9.56. The maximum absolute atomic E-state index is 12.4. The number of benzene rings is 3. The van der Waals surface area contributed by atoms with E-state index in [-0.39, 0.29) is 18.4 Å². The van der Waals surface area contributed by atoms with Gasteiger partial charge in [0.05, 0.1) is 7.11 Å². The molecule has 6 nitrogen and oxygen atoms in total. The molecular formula is C23H21ClN2O4. The summed E-state index contributed by atoms with van der Waals surface area (Å²) in [5.41, 5.74) is 2.69. The van der Waals surface area contributed by atoms with E-state index in [1.54, 1.807) is 73.8 Å². The number of anilines is 2. The Balaban J connectivity index is 1.52. The Labute approximate surface area is 179 Å². The Morgan fingerprint density at radius 3 is 2.20 bits per heavy atom. The van der Waals surface area contributed by atoms with Crippen LogP contribution in [-0.4, -0.2) is 25.5 Å². The smallest absolute Gasteiger partial charge is 0.262 e. The van der Waals surface area contributed by atoms with Crippen LogP contribution in [0, 0.1) is 6.92 Å². The molecule has 2 amide bonds. The van der Waals surface area contributed by atoms with E-state index >= 15 is 0 Å². The zero-order valence-electron chi connectivity index (χ0n) is 16.6. The maximum atomic E-state index is 12.4. The highest BCUT2D eigenvalue weighted by atomic mass is 35.5. The lowest BCUT2D eigenvalue weighted by Gasteiger charge is -2.10. The lowest BCUT2D eigenvalue weighted by molar-refractivity contribution is -0.118. The minimum absolute atomic E-state index is 0.151. The molecule has 2 N–H and O–H groups in total. The van der Waals surface area contributed by atoms with Crippen molar-refractivity contribution in [3.8, 4) is 11.5 Å². The number of rotatable bonds is 7. The molecule has 7 heteroatoms. The first-order chi connectivity index (χ1) is 14.4. The number of halogens is 1. The molecule has 0 atom stereocenters. The van der Waals surface area contributed by atoms with E-state index in [4.69, 9.17) is 21.1 Å². The zero-order valence-corrected chi connectivity index (χ0v) is 17.3. The summed E-state index contributed by atoms with van der Waals surface area (Å²) in [6.45, 7) is 1.72. The number of hydrogen-bond donors (Lipinski definition) is 2. The van der Waals surface area contributed by atoms with Crippen molar-refractivity contribution in [2.75, 3.05) is 24.4 Å². The van der Waals surface area contributed by atoms with E-state index in [1.807, 2.05) is 6.92 Å². The van der Waals surface area contributed by atoms with Crippen molar-refractivity contribution >= 4 is 34.8 Å². The first-order valence-electron chi connectivity index (χ1n) is 9.19. The lowest BCUT2D eigenvalue weighted by atomic mass is 10.1. The number of amides is 2. The minimum Gasteiger partial charge on any atom is -0.497 e. The van der Waals surface area contributed by atoms with Crippen LogP contribution in [0.5, 0.6) is 11.5 Å². The van der Waals surface area contributed by atoms with Crippen molar-refractivity contribution < 1.29 is 19.1 Å². The first kappa shape index (κ1) is 21.2. The van der Waals surface area contributed by atoms with Crippen molar-refractivity contribution in [2.24, 2.45) is 0 Å². The van der Waals surface area contributed by atoms with E-state index in [2.05, 4.69) is 10.6 Å². The third-order valence-corrected chi connectivity index (χ3v) is 4.53. The van der Waals surface area contributed by atoms with Crippen molar-refractivity contribution in [3.05, 3.63) is 82.9 Å². The molecule has 0 aromatic heterocycles. The summed E-state index contributed by atoms with van der Waals surface area (Å²) in [5, 5.41) is 6.20. The van der Waals surface area contributed by atoms with Crippen molar-refractivity contribution in [2.45, 2.75) is 6.92 Å². The molecule has 0 radical (unpaired) electrons. The summed E-state index contributed by atoms with van der Waals surface area (Å²) in [6.07, 6.45) is 0. The third kappa shape index (κ3) is 5.75. The van der Waals surface area contributed by atoms with Gasteiger partial charge < -0.3 is 20.1 Å². The second-order valence-corrected chi connectivity index (χ2v) is 6.94. The molecule has 0 saturated carbocycles. The highest BCUT2D eigenvalue weighted by Crippen LogP contribution is 2.21. The Kier molecular flexibility index (Phi) is 6.93. The van der Waals surface area contributed by atoms with Gasteiger partial charge >= 0.3 is 0 Å². The van der Waals surface area contributed by atoms with Crippen molar-refractivity contribution in [1.29, 1.82) is 0 Å². The molecule has 0 aliphatic heterocycles. The standard InChI is InChI=1S/C23H21ClN2O4/c1-15-13-17(24)5-12-21(15)26-23(28)16-3-8-20(9-4-16)30-14-22(27)25-18-6-10-19(29-2)11-7-18/h3-13H,14H2,1-2H3,(H,25,27)(H,26,28). The third-order valence-electron chi connectivity index (χ3n) is 4.30. The number of carbonyl (C=O) groups excluding carboxylic acids is 2. The topological polar surface area (TPSA) is 76.7 Å². The fourth-order valence-corrected chi connectivity index (χ4v) is 2.91. The normalized spacial score (nSPS) is 10.2. The number of hydrogen-bond acceptors (Lipinski definition) is 4. The number of ether oxygens (including phenoxy) is 2. The molecule has 0 heterocycles. The molecule has 0 bridgehead atoms. The summed E-state index contributed by atoms with van der Waals surface area (Å²) >= 11 is 5.94. The second-order valence-electron chi connectivity index (χ2n) is 6.50. The molecule has 3 aromatic rings. The van der Waals surface area contributed by atoms with Gasteiger partial charge in [-0.2, -0.15) is 0 Å². The summed E-state index contributed by atoms with van der Waals surface area (Å²) in [4.78, 5) is 24.5. The molecule has 0 aliphatic carbocycles. The average Bonchev–Trinajstić information content (AvgIpc) is 2.75. The highest BCUT2D eigenvalue weighted by Gasteiger charge is 2.09. The molecule has 0 fully saturated rings. The van der Waals surface area contributed by atoms with Gasteiger partial charge in [0.2, 0.25) is 0 Å². The molecule has 0 aliphatic rings. The van der Waals surface area contributed by atoms with E-state index in [1.165, 1.54) is 0 Å². The summed E-state index contributed by atoms with van der Waals surface area (Å²) in [5.74, 6) is 0.656. The van der Waals surface area contributed by atoms with Gasteiger partial charge in [-0.3, -0.25) is 9.59 Å². The van der Waals surface area contributed by atoms with Crippen LogP contribution in [0.25, 0.3) is 0 Å². The largest absolute Gasteiger partial charge is 0.497 e. The number of carbonyl (C=O) groups is 2. The predicted molar refractivity (Wildman–Crippen MR) is 118 cm³/mol. The molecule has 0 saturated heterocycles. The van der Waals surface area contributed by atoms with Gasteiger partial charge in [-0.05, 0) is 79.2 Å². The zero-order chi connectivity index (χ0) is 21.5. The molecular weight excluding hydrogens is 404 g/mol. The highest BCUT2D eigenvalue weighted by molar-refractivity contribution is 6.30. The van der Waals surface area contributed by atoms with E-state index < -0.39 is 0 Å². The molecule has 3 rings (SSSR count). The van der Waals surface area contributed by atoms with Gasteiger partial charge in [0.1, 0.15) is 11.5 Å². The molecule has 3 aromatic carbocycles. The predicted octanol–water partition coefficient (Wildman–Crippen LogP) is 4.93.